The van der Waals surface area contributed by atoms with Crippen molar-refractivity contribution in [2.45, 2.75) is 76.3 Å². The number of aliphatic imine (C=N–C) groups is 1. The van der Waals surface area contributed by atoms with E-state index in [0.717, 1.165) is 40.5 Å². The molecule has 1 aromatic carbocycles. The normalized spacial score (nSPS) is 19.9. The quantitative estimate of drug-likeness (QED) is 0.207. The van der Waals surface area contributed by atoms with E-state index in [4.69, 9.17) is 9.98 Å². The van der Waals surface area contributed by atoms with Crippen molar-refractivity contribution in [2.75, 3.05) is 6.54 Å². The third-order valence-corrected chi connectivity index (χ3v) is 9.55. The Kier molecular flexibility index (Phi) is 8.36. The lowest BCUT2D eigenvalue weighted by Crippen LogP contribution is -2.44. The molecule has 2 aromatic heterocycles. The molecule has 0 fully saturated rings. The smallest absolute Gasteiger partial charge is 0.273 e. The number of hydrogen-bond donors (Lipinski definition) is 0. The molecule has 224 valence electrons. The van der Waals surface area contributed by atoms with E-state index < -0.39 is 5.92 Å². The second kappa shape index (κ2) is 12.2. The molecule has 9 heteroatoms. The van der Waals surface area contributed by atoms with Crippen molar-refractivity contribution in [2.24, 2.45) is 16.8 Å². The molecule has 2 unspecified atom stereocenters. The summed E-state index contributed by atoms with van der Waals surface area (Å²) in [6.07, 6.45) is 12.2. The standard InChI is InChI=1S/C34H37F2N5OS/c1-4-14-34(35,36)26-11-12-28-25(18-26)17-23(3)31(38-28)40-16-13-29-27(20-40)32(42)41(30-10-6-5-8-22(30)2)33(39-29)43-21-24-9-7-15-37-19-24/h5-7,9-12,15,18-19,22-23H,4,8,13-14,16-17,20-21H2,1-3H3. The van der Waals surface area contributed by atoms with E-state index in [9.17, 15) is 13.6 Å². The van der Waals surface area contributed by atoms with Crippen LogP contribution < -0.4 is 5.56 Å². The summed E-state index contributed by atoms with van der Waals surface area (Å²) in [6.45, 7) is 7.13. The summed E-state index contributed by atoms with van der Waals surface area (Å²) in [7, 11) is 0. The van der Waals surface area contributed by atoms with Crippen LogP contribution in [0.3, 0.4) is 0 Å². The van der Waals surface area contributed by atoms with Crippen molar-refractivity contribution in [1.29, 1.82) is 0 Å². The number of fused-ring (bicyclic) bond motifs is 2. The molecule has 6 rings (SSSR count). The van der Waals surface area contributed by atoms with Gasteiger partial charge in [-0.3, -0.25) is 14.3 Å². The highest BCUT2D eigenvalue weighted by molar-refractivity contribution is 7.98. The molecular formula is C34H37F2N5OS. The highest BCUT2D eigenvalue weighted by Gasteiger charge is 2.34. The predicted molar refractivity (Wildman–Crippen MR) is 169 cm³/mol. The van der Waals surface area contributed by atoms with Crippen LogP contribution >= 0.6 is 11.8 Å². The van der Waals surface area contributed by atoms with Crippen LogP contribution in [-0.4, -0.2) is 31.8 Å². The number of allylic oxidation sites excluding steroid dienone is 4. The van der Waals surface area contributed by atoms with Crippen molar-refractivity contribution in [3.05, 3.63) is 99.3 Å². The minimum absolute atomic E-state index is 0.0240. The van der Waals surface area contributed by atoms with Crippen LogP contribution in [0.15, 0.2) is 75.9 Å². The van der Waals surface area contributed by atoms with Crippen LogP contribution in [0, 0.1) is 11.8 Å². The Morgan fingerprint density at radius 2 is 2.02 bits per heavy atom. The first kappa shape index (κ1) is 29.5. The van der Waals surface area contributed by atoms with Crippen LogP contribution in [0.1, 0.15) is 68.0 Å². The van der Waals surface area contributed by atoms with Gasteiger partial charge in [-0.2, -0.15) is 0 Å². The minimum atomic E-state index is -2.84. The largest absolute Gasteiger partial charge is 0.355 e. The number of nitrogens with zero attached hydrogens (tertiary/aromatic N) is 5. The van der Waals surface area contributed by atoms with Gasteiger partial charge in [-0.15, -0.1) is 0 Å². The number of halogens is 2. The lowest BCUT2D eigenvalue weighted by atomic mass is 9.91. The van der Waals surface area contributed by atoms with Crippen molar-refractivity contribution < 1.29 is 8.78 Å². The maximum Gasteiger partial charge on any atom is 0.273 e. The van der Waals surface area contributed by atoms with Gasteiger partial charge >= 0.3 is 0 Å². The lowest BCUT2D eigenvalue weighted by Gasteiger charge is -2.36. The first-order chi connectivity index (χ1) is 20.7. The zero-order valence-corrected chi connectivity index (χ0v) is 25.7. The summed E-state index contributed by atoms with van der Waals surface area (Å²) in [5, 5.41) is 0.711. The van der Waals surface area contributed by atoms with Crippen molar-refractivity contribution >= 4 is 29.0 Å². The average Bonchev–Trinajstić information content (AvgIpc) is 3.00. The number of aromatic nitrogens is 3. The van der Waals surface area contributed by atoms with Gasteiger partial charge in [-0.25, -0.2) is 18.8 Å². The summed E-state index contributed by atoms with van der Waals surface area (Å²) < 4.78 is 31.1. The number of thioether (sulfide) groups is 1. The fraction of sp³-hybridized carbons (Fsp3) is 0.412. The molecule has 2 aliphatic heterocycles. The molecule has 0 amide bonds. The number of alkyl halides is 2. The molecule has 6 nitrogen and oxygen atoms in total. The second-order valence-corrected chi connectivity index (χ2v) is 12.8. The Hall–Kier alpha value is -3.59. The van der Waals surface area contributed by atoms with Gasteiger partial charge in [0.05, 0.1) is 23.5 Å². The summed E-state index contributed by atoms with van der Waals surface area (Å²) in [4.78, 5) is 30.7. The van der Waals surface area contributed by atoms with Crippen molar-refractivity contribution in [3.63, 3.8) is 0 Å². The van der Waals surface area contributed by atoms with Gasteiger partial charge in [0.1, 0.15) is 5.84 Å². The minimum Gasteiger partial charge on any atom is -0.355 e. The summed E-state index contributed by atoms with van der Waals surface area (Å²) >= 11 is 1.57. The first-order valence-electron chi connectivity index (χ1n) is 15.1. The van der Waals surface area contributed by atoms with E-state index in [1.165, 1.54) is 6.07 Å². The van der Waals surface area contributed by atoms with E-state index in [0.29, 0.717) is 48.8 Å². The Balaban J connectivity index is 1.33. The van der Waals surface area contributed by atoms with Gasteiger partial charge in [0.2, 0.25) is 0 Å². The summed E-state index contributed by atoms with van der Waals surface area (Å²) in [5.74, 6) is -1.03. The predicted octanol–water partition coefficient (Wildman–Crippen LogP) is 7.54. The molecule has 0 spiro atoms. The van der Waals surface area contributed by atoms with E-state index in [1.54, 1.807) is 37.0 Å². The molecule has 2 atom stereocenters. The molecule has 4 heterocycles. The molecule has 0 N–H and O–H groups in total. The summed E-state index contributed by atoms with van der Waals surface area (Å²) in [5.41, 5.74) is 5.22. The van der Waals surface area contributed by atoms with E-state index in [2.05, 4.69) is 29.8 Å². The number of pyridine rings is 1. The van der Waals surface area contributed by atoms with Gasteiger partial charge in [-0.1, -0.05) is 63.2 Å². The Morgan fingerprint density at radius 1 is 1.16 bits per heavy atom. The molecule has 1 aliphatic carbocycles. The highest BCUT2D eigenvalue weighted by Crippen LogP contribution is 2.38. The molecule has 0 bridgehead atoms. The zero-order valence-electron chi connectivity index (χ0n) is 24.9. The molecule has 0 saturated heterocycles. The fourth-order valence-electron chi connectivity index (χ4n) is 6.22. The van der Waals surface area contributed by atoms with Crippen molar-refractivity contribution in [3.8, 4) is 0 Å². The maximum atomic E-state index is 14.6. The zero-order chi connectivity index (χ0) is 30.1. The molecule has 43 heavy (non-hydrogen) atoms. The molecular weight excluding hydrogens is 564 g/mol. The number of hydrogen-bond acceptors (Lipinski definition) is 6. The Morgan fingerprint density at radius 3 is 2.79 bits per heavy atom. The Bertz CT molecular complexity index is 1660. The van der Waals surface area contributed by atoms with E-state index in [1.807, 2.05) is 35.0 Å². The fourth-order valence-corrected chi connectivity index (χ4v) is 7.18. The number of rotatable bonds is 7. The first-order valence-corrected chi connectivity index (χ1v) is 16.1. The van der Waals surface area contributed by atoms with Gasteiger partial charge in [0, 0.05) is 60.6 Å². The van der Waals surface area contributed by atoms with Gasteiger partial charge in [0.25, 0.3) is 11.5 Å². The van der Waals surface area contributed by atoms with Gasteiger partial charge < -0.3 is 4.90 Å². The SMILES string of the molecule is CCCC(F)(F)c1ccc2c(c1)CC(C)C(N1CCc3nc(SCc4cccnc4)n(C4=CC=CCC4C)c(=O)c3C1)=N2. The Labute approximate surface area is 255 Å². The van der Waals surface area contributed by atoms with Crippen LogP contribution in [0.2, 0.25) is 0 Å². The lowest BCUT2D eigenvalue weighted by molar-refractivity contribution is -0.0140. The second-order valence-electron chi connectivity index (χ2n) is 11.8. The summed E-state index contributed by atoms with van der Waals surface area (Å²) in [6, 6.07) is 8.82. The van der Waals surface area contributed by atoms with Crippen LogP contribution in [-0.2, 0) is 31.1 Å². The monoisotopic (exact) mass is 601 g/mol. The molecule has 0 radical (unpaired) electrons. The van der Waals surface area contributed by atoms with E-state index in [-0.39, 0.29) is 29.4 Å². The third-order valence-electron chi connectivity index (χ3n) is 8.54. The molecule has 3 aliphatic rings. The molecule has 3 aromatic rings. The topological polar surface area (TPSA) is 63.4 Å². The van der Waals surface area contributed by atoms with Gasteiger partial charge in [0.15, 0.2) is 5.16 Å². The average molecular weight is 602 g/mol. The van der Waals surface area contributed by atoms with Crippen LogP contribution in [0.25, 0.3) is 5.70 Å². The third kappa shape index (κ3) is 5.96. The van der Waals surface area contributed by atoms with E-state index >= 15 is 0 Å². The number of amidine groups is 1. The maximum absolute atomic E-state index is 14.6. The van der Waals surface area contributed by atoms with Gasteiger partial charge in [-0.05, 0) is 48.2 Å². The van der Waals surface area contributed by atoms with Crippen molar-refractivity contribution in [1.82, 2.24) is 19.4 Å². The van der Waals surface area contributed by atoms with Crippen LogP contribution in [0.4, 0.5) is 14.5 Å². The number of benzene rings is 1. The molecule has 0 saturated carbocycles. The highest BCUT2D eigenvalue weighted by atomic mass is 32.2. The van der Waals surface area contributed by atoms with Crippen LogP contribution in [0.5, 0.6) is 0 Å².